The molecule has 2 aliphatic heterocycles. The van der Waals surface area contributed by atoms with Crippen molar-refractivity contribution in [3.63, 3.8) is 0 Å². The molecule has 136 valence electrons. The molecule has 0 radical (unpaired) electrons. The summed E-state index contributed by atoms with van der Waals surface area (Å²) in [4.78, 5) is 15.2. The second-order valence-corrected chi connectivity index (χ2v) is 9.42. The molecule has 0 spiro atoms. The van der Waals surface area contributed by atoms with Gasteiger partial charge < -0.3 is 10.2 Å². The number of nitrogens with one attached hydrogen (secondary N) is 1. The lowest BCUT2D eigenvalue weighted by Gasteiger charge is -2.17. The van der Waals surface area contributed by atoms with Gasteiger partial charge in [0.25, 0.3) is 5.91 Å². The Hall–Kier alpha value is -2.18. The summed E-state index contributed by atoms with van der Waals surface area (Å²) in [6.07, 6.45) is 1.20. The van der Waals surface area contributed by atoms with Crippen LogP contribution in [0.2, 0.25) is 0 Å². The first kappa shape index (κ1) is 17.2. The molecule has 2 atom stereocenters. The maximum absolute atomic E-state index is 12.6. The summed E-state index contributed by atoms with van der Waals surface area (Å²) in [5, 5.41) is 3.05. The number of likely N-dealkylation sites (tertiary alicyclic amines) is 1. The zero-order valence-corrected chi connectivity index (χ0v) is 15.7. The number of nitrogens with zero attached hydrogens (tertiary/aromatic N) is 1. The quantitative estimate of drug-likeness (QED) is 0.880. The molecule has 0 unspecified atom stereocenters. The lowest BCUT2D eigenvalue weighted by molar-refractivity contribution is 0.0951. The summed E-state index contributed by atoms with van der Waals surface area (Å²) < 4.78 is 23.7. The Kier molecular flexibility index (Phi) is 4.12. The molecule has 2 aromatic carbocycles. The van der Waals surface area contributed by atoms with Gasteiger partial charge in [0.05, 0.1) is 4.90 Å². The number of carbonyl (C=O) groups is 1. The van der Waals surface area contributed by atoms with Gasteiger partial charge in [-0.1, -0.05) is 24.3 Å². The molecule has 0 saturated carbocycles. The Morgan fingerprint density at radius 2 is 1.85 bits per heavy atom. The molecule has 1 fully saturated rings. The maximum Gasteiger partial charge on any atom is 0.251 e. The molecular weight excluding hydrogens is 348 g/mol. The summed E-state index contributed by atoms with van der Waals surface area (Å²) in [5.74, 6) is 0.744. The Morgan fingerprint density at radius 1 is 1.08 bits per heavy atom. The first-order valence-corrected chi connectivity index (χ1v) is 10.6. The average molecular weight is 370 g/mol. The molecule has 2 aliphatic rings. The standard InChI is InChI=1S/C20H22N2O3S/c1-22-11-15-10-21-20(23)18-9-14(6-7-17(18)19(15)12-22)13-4-3-5-16(8-13)26(2,24)25/h3-9,15,19H,10-12H2,1-2H3,(H,21,23)/t15-,19-/m1/s1. The van der Waals surface area contributed by atoms with Crippen LogP contribution in [0.5, 0.6) is 0 Å². The fourth-order valence-corrected chi connectivity index (χ4v) is 4.79. The Bertz CT molecular complexity index is 984. The smallest absolute Gasteiger partial charge is 0.251 e. The summed E-state index contributed by atoms with van der Waals surface area (Å²) >= 11 is 0. The normalized spacial score (nSPS) is 23.1. The Morgan fingerprint density at radius 3 is 2.62 bits per heavy atom. The molecule has 26 heavy (non-hydrogen) atoms. The molecule has 5 nitrogen and oxygen atoms in total. The van der Waals surface area contributed by atoms with E-state index in [2.05, 4.69) is 17.3 Å². The summed E-state index contributed by atoms with van der Waals surface area (Å²) in [7, 11) is -1.16. The van der Waals surface area contributed by atoms with Gasteiger partial charge in [-0.25, -0.2) is 8.42 Å². The molecule has 1 amide bonds. The van der Waals surface area contributed by atoms with E-state index in [1.54, 1.807) is 18.2 Å². The second-order valence-electron chi connectivity index (χ2n) is 7.40. The number of fused-ring (bicyclic) bond motifs is 3. The molecular formula is C20H22N2O3S. The van der Waals surface area contributed by atoms with Crippen LogP contribution in [0, 0.1) is 5.92 Å². The van der Waals surface area contributed by atoms with E-state index in [1.807, 2.05) is 24.3 Å². The van der Waals surface area contributed by atoms with Crippen molar-refractivity contribution in [3.8, 4) is 11.1 Å². The highest BCUT2D eigenvalue weighted by Gasteiger charge is 2.36. The van der Waals surface area contributed by atoms with Crippen LogP contribution in [-0.2, 0) is 9.84 Å². The monoisotopic (exact) mass is 370 g/mol. The lowest BCUT2D eigenvalue weighted by atomic mass is 9.86. The molecule has 1 saturated heterocycles. The minimum Gasteiger partial charge on any atom is -0.352 e. The van der Waals surface area contributed by atoms with Crippen LogP contribution < -0.4 is 5.32 Å². The Labute approximate surface area is 153 Å². The number of sulfone groups is 1. The molecule has 6 heteroatoms. The van der Waals surface area contributed by atoms with E-state index < -0.39 is 9.84 Å². The number of benzene rings is 2. The first-order chi connectivity index (χ1) is 12.3. The van der Waals surface area contributed by atoms with Gasteiger partial charge in [0, 0.05) is 37.4 Å². The average Bonchev–Trinajstić information content (AvgIpc) is 2.93. The zero-order valence-electron chi connectivity index (χ0n) is 14.9. The minimum absolute atomic E-state index is 0.0434. The number of hydrogen-bond donors (Lipinski definition) is 1. The van der Waals surface area contributed by atoms with Crippen molar-refractivity contribution in [1.82, 2.24) is 10.2 Å². The van der Waals surface area contributed by atoms with Gasteiger partial charge in [0.15, 0.2) is 9.84 Å². The van der Waals surface area contributed by atoms with Crippen LogP contribution in [0.3, 0.4) is 0 Å². The molecule has 0 aromatic heterocycles. The van der Waals surface area contributed by atoms with Gasteiger partial charge in [-0.05, 0) is 47.9 Å². The molecule has 1 N–H and O–H groups in total. The SMILES string of the molecule is CN1C[C@H]2CNC(=O)c3cc(-c4cccc(S(C)(=O)=O)c4)ccc3[C@@H]2C1. The molecule has 0 bridgehead atoms. The zero-order chi connectivity index (χ0) is 18.5. The lowest BCUT2D eigenvalue weighted by Crippen LogP contribution is -2.29. The number of carbonyl (C=O) groups excluding carboxylic acids is 1. The highest BCUT2D eigenvalue weighted by molar-refractivity contribution is 7.90. The van der Waals surface area contributed by atoms with Gasteiger partial charge in [-0.2, -0.15) is 0 Å². The highest BCUT2D eigenvalue weighted by atomic mass is 32.2. The number of amides is 1. The van der Waals surface area contributed by atoms with Crippen molar-refractivity contribution in [3.05, 3.63) is 53.6 Å². The van der Waals surface area contributed by atoms with Gasteiger partial charge >= 0.3 is 0 Å². The fraction of sp³-hybridized carbons (Fsp3) is 0.350. The van der Waals surface area contributed by atoms with Gasteiger partial charge in [0.2, 0.25) is 0 Å². The predicted molar refractivity (Wildman–Crippen MR) is 101 cm³/mol. The van der Waals surface area contributed by atoms with Crippen LogP contribution in [0.15, 0.2) is 47.4 Å². The van der Waals surface area contributed by atoms with E-state index in [9.17, 15) is 13.2 Å². The van der Waals surface area contributed by atoms with Crippen molar-refractivity contribution < 1.29 is 13.2 Å². The fourth-order valence-electron chi connectivity index (χ4n) is 4.13. The van der Waals surface area contributed by atoms with E-state index >= 15 is 0 Å². The van der Waals surface area contributed by atoms with Crippen molar-refractivity contribution in [2.45, 2.75) is 10.8 Å². The van der Waals surface area contributed by atoms with Crippen molar-refractivity contribution in [1.29, 1.82) is 0 Å². The number of likely N-dealkylation sites (N-methyl/N-ethyl adjacent to an activating group) is 1. The van der Waals surface area contributed by atoms with Crippen molar-refractivity contribution in [2.75, 3.05) is 32.9 Å². The number of rotatable bonds is 2. The van der Waals surface area contributed by atoms with Crippen molar-refractivity contribution in [2.24, 2.45) is 5.92 Å². The third-order valence-corrected chi connectivity index (χ3v) is 6.55. The van der Waals surface area contributed by atoms with Crippen LogP contribution in [0.1, 0.15) is 21.8 Å². The van der Waals surface area contributed by atoms with E-state index in [1.165, 1.54) is 6.26 Å². The van der Waals surface area contributed by atoms with E-state index in [4.69, 9.17) is 0 Å². The second kappa shape index (κ2) is 6.21. The third kappa shape index (κ3) is 3.04. The van der Waals surface area contributed by atoms with E-state index in [0.717, 1.165) is 29.8 Å². The van der Waals surface area contributed by atoms with E-state index in [-0.39, 0.29) is 10.8 Å². The highest BCUT2D eigenvalue weighted by Crippen LogP contribution is 2.37. The minimum atomic E-state index is -3.27. The summed E-state index contributed by atoms with van der Waals surface area (Å²) in [5.41, 5.74) is 3.45. The molecule has 4 rings (SSSR count). The topological polar surface area (TPSA) is 66.5 Å². The third-order valence-electron chi connectivity index (χ3n) is 5.44. The van der Waals surface area contributed by atoms with Crippen LogP contribution in [-0.4, -0.2) is 52.2 Å². The van der Waals surface area contributed by atoms with Gasteiger partial charge in [-0.15, -0.1) is 0 Å². The summed E-state index contributed by atoms with van der Waals surface area (Å²) in [6.45, 7) is 2.64. The van der Waals surface area contributed by atoms with Gasteiger partial charge in [0.1, 0.15) is 0 Å². The largest absolute Gasteiger partial charge is 0.352 e. The van der Waals surface area contributed by atoms with Crippen molar-refractivity contribution >= 4 is 15.7 Å². The van der Waals surface area contributed by atoms with Crippen LogP contribution >= 0.6 is 0 Å². The maximum atomic E-state index is 12.6. The van der Waals surface area contributed by atoms with Crippen LogP contribution in [0.4, 0.5) is 0 Å². The molecule has 2 heterocycles. The first-order valence-electron chi connectivity index (χ1n) is 8.74. The van der Waals surface area contributed by atoms with Gasteiger partial charge in [-0.3, -0.25) is 4.79 Å². The molecule has 0 aliphatic carbocycles. The predicted octanol–water partition coefficient (Wildman–Crippen LogP) is 2.15. The summed E-state index contributed by atoms with van der Waals surface area (Å²) in [6, 6.07) is 12.8. The molecule has 2 aromatic rings. The van der Waals surface area contributed by atoms with Crippen LogP contribution in [0.25, 0.3) is 11.1 Å². The Balaban J connectivity index is 1.79. The van der Waals surface area contributed by atoms with E-state index in [0.29, 0.717) is 23.9 Å². The number of hydrogen-bond acceptors (Lipinski definition) is 4.